The van der Waals surface area contributed by atoms with Gasteiger partial charge in [0.2, 0.25) is 0 Å². The summed E-state index contributed by atoms with van der Waals surface area (Å²) in [6, 6.07) is 1.57. The summed E-state index contributed by atoms with van der Waals surface area (Å²) in [6.07, 6.45) is 5.96. The Hall–Kier alpha value is -1.45. The third-order valence-electron chi connectivity index (χ3n) is 3.15. The Kier molecular flexibility index (Phi) is 2.66. The number of aromatic nitrogens is 1. The molecule has 1 heterocycles. The number of hydrogen-bond acceptors (Lipinski definition) is 3. The third kappa shape index (κ3) is 1.98. The molecule has 1 aliphatic rings. The van der Waals surface area contributed by atoms with Crippen LogP contribution in [0.2, 0.25) is 0 Å². The minimum Gasteiger partial charge on any atom is -0.397 e. The van der Waals surface area contributed by atoms with E-state index in [1.807, 2.05) is 0 Å². The van der Waals surface area contributed by atoms with E-state index in [1.54, 1.807) is 6.07 Å². The predicted octanol–water partition coefficient (Wildman–Crippen LogP) is 1.59. The minimum absolute atomic E-state index is 0.201. The second kappa shape index (κ2) is 3.96. The molecule has 1 aliphatic carbocycles. The van der Waals surface area contributed by atoms with Crippen LogP contribution >= 0.6 is 0 Å². The van der Waals surface area contributed by atoms with Gasteiger partial charge in [-0.1, -0.05) is 19.3 Å². The molecule has 1 aromatic rings. The van der Waals surface area contributed by atoms with Gasteiger partial charge < -0.3 is 16.5 Å². The summed E-state index contributed by atoms with van der Waals surface area (Å²) in [5.41, 5.74) is 12.9. The van der Waals surface area contributed by atoms with Crippen molar-refractivity contribution in [2.75, 3.05) is 11.5 Å². The lowest BCUT2D eigenvalue weighted by atomic mass is 9.86. The number of nitrogens with two attached hydrogens (primary N) is 2. The van der Waals surface area contributed by atoms with E-state index in [1.165, 1.54) is 19.3 Å². The number of aromatic amines is 1. The molecule has 0 amide bonds. The quantitative estimate of drug-likeness (QED) is 0.653. The van der Waals surface area contributed by atoms with E-state index in [9.17, 15) is 4.79 Å². The molecule has 5 N–H and O–H groups in total. The monoisotopic (exact) mass is 207 g/mol. The number of pyridine rings is 1. The van der Waals surface area contributed by atoms with Gasteiger partial charge in [-0.15, -0.1) is 0 Å². The molecular weight excluding hydrogens is 190 g/mol. The van der Waals surface area contributed by atoms with Crippen molar-refractivity contribution < 1.29 is 0 Å². The molecule has 0 unspecified atom stereocenters. The van der Waals surface area contributed by atoms with Crippen molar-refractivity contribution in [3.05, 3.63) is 22.1 Å². The Morgan fingerprint density at radius 3 is 2.47 bits per heavy atom. The van der Waals surface area contributed by atoms with Gasteiger partial charge in [0.1, 0.15) is 0 Å². The van der Waals surface area contributed by atoms with Crippen LogP contribution < -0.4 is 17.0 Å². The molecule has 1 aromatic heterocycles. The van der Waals surface area contributed by atoms with Crippen molar-refractivity contribution in [1.29, 1.82) is 0 Å². The maximum Gasteiger partial charge on any atom is 0.271 e. The number of nitrogens with one attached hydrogen (secondary N) is 1. The minimum atomic E-state index is -0.218. The molecular formula is C11H17N3O. The van der Waals surface area contributed by atoms with Gasteiger partial charge in [-0.3, -0.25) is 4.79 Å². The van der Waals surface area contributed by atoms with Crippen molar-refractivity contribution in [2.24, 2.45) is 0 Å². The van der Waals surface area contributed by atoms with Crippen LogP contribution in [0.25, 0.3) is 0 Å². The van der Waals surface area contributed by atoms with Gasteiger partial charge in [0.05, 0.1) is 11.4 Å². The van der Waals surface area contributed by atoms with Crippen molar-refractivity contribution >= 4 is 11.4 Å². The molecule has 0 aromatic carbocycles. The molecule has 2 rings (SSSR count). The Labute approximate surface area is 88.7 Å². The fourth-order valence-electron chi connectivity index (χ4n) is 2.31. The van der Waals surface area contributed by atoms with E-state index >= 15 is 0 Å². The van der Waals surface area contributed by atoms with Crippen LogP contribution in [0.15, 0.2) is 10.9 Å². The lowest BCUT2D eigenvalue weighted by molar-refractivity contribution is 0.437. The molecule has 82 valence electrons. The van der Waals surface area contributed by atoms with Gasteiger partial charge in [0.25, 0.3) is 5.56 Å². The average molecular weight is 207 g/mol. The van der Waals surface area contributed by atoms with E-state index < -0.39 is 0 Å². The summed E-state index contributed by atoms with van der Waals surface area (Å²) in [6.45, 7) is 0. The molecule has 0 saturated heterocycles. The smallest absolute Gasteiger partial charge is 0.271 e. The predicted molar refractivity (Wildman–Crippen MR) is 61.7 cm³/mol. The van der Waals surface area contributed by atoms with Gasteiger partial charge in [-0.25, -0.2) is 0 Å². The SMILES string of the molecule is Nc1cc(N)c(=O)[nH]c1C1CCCCC1. The van der Waals surface area contributed by atoms with E-state index in [-0.39, 0.29) is 11.2 Å². The normalized spacial score (nSPS) is 17.9. The molecule has 15 heavy (non-hydrogen) atoms. The molecule has 0 spiro atoms. The van der Waals surface area contributed by atoms with E-state index in [0.717, 1.165) is 18.5 Å². The molecule has 0 radical (unpaired) electrons. The van der Waals surface area contributed by atoms with Crippen LogP contribution in [0.5, 0.6) is 0 Å². The second-order valence-corrected chi connectivity index (χ2v) is 4.26. The highest BCUT2D eigenvalue weighted by Gasteiger charge is 2.19. The van der Waals surface area contributed by atoms with Crippen LogP contribution in [0.3, 0.4) is 0 Å². The topological polar surface area (TPSA) is 84.9 Å². The third-order valence-corrected chi connectivity index (χ3v) is 3.15. The highest BCUT2D eigenvalue weighted by Crippen LogP contribution is 2.33. The molecule has 4 heteroatoms. The Bertz CT molecular complexity index is 405. The Morgan fingerprint density at radius 1 is 1.13 bits per heavy atom. The first-order valence-corrected chi connectivity index (χ1v) is 5.46. The zero-order valence-corrected chi connectivity index (χ0v) is 8.75. The molecule has 1 saturated carbocycles. The first-order valence-electron chi connectivity index (χ1n) is 5.46. The lowest BCUT2D eigenvalue weighted by Gasteiger charge is -2.22. The summed E-state index contributed by atoms with van der Waals surface area (Å²) in [5.74, 6) is 0.409. The summed E-state index contributed by atoms with van der Waals surface area (Å²) in [5, 5.41) is 0. The van der Waals surface area contributed by atoms with Gasteiger partial charge in [-0.05, 0) is 18.9 Å². The van der Waals surface area contributed by atoms with Crippen molar-refractivity contribution in [3.63, 3.8) is 0 Å². The molecule has 0 bridgehead atoms. The van der Waals surface area contributed by atoms with Crippen LogP contribution in [0, 0.1) is 0 Å². The lowest BCUT2D eigenvalue weighted by Crippen LogP contribution is -2.18. The van der Waals surface area contributed by atoms with Crippen LogP contribution in [0.4, 0.5) is 11.4 Å². The zero-order valence-electron chi connectivity index (χ0n) is 8.75. The average Bonchev–Trinajstić information content (AvgIpc) is 2.25. The molecule has 0 aliphatic heterocycles. The highest BCUT2D eigenvalue weighted by molar-refractivity contribution is 5.53. The van der Waals surface area contributed by atoms with E-state index in [2.05, 4.69) is 4.98 Å². The first kappa shape index (κ1) is 10.1. The second-order valence-electron chi connectivity index (χ2n) is 4.26. The fraction of sp³-hybridized carbons (Fsp3) is 0.545. The Morgan fingerprint density at radius 2 is 1.80 bits per heavy atom. The van der Waals surface area contributed by atoms with E-state index in [0.29, 0.717) is 11.6 Å². The standard InChI is InChI=1S/C11H17N3O/c12-8-6-9(13)11(15)14-10(8)7-4-2-1-3-5-7/h6-7H,1-5,12-13H2,(H,14,15). The maximum atomic E-state index is 11.4. The van der Waals surface area contributed by atoms with Crippen molar-refractivity contribution in [3.8, 4) is 0 Å². The van der Waals surface area contributed by atoms with Gasteiger partial charge in [0.15, 0.2) is 0 Å². The van der Waals surface area contributed by atoms with E-state index in [4.69, 9.17) is 11.5 Å². The number of nitrogen functional groups attached to an aromatic ring is 2. The zero-order chi connectivity index (χ0) is 10.8. The summed E-state index contributed by atoms with van der Waals surface area (Å²) < 4.78 is 0. The van der Waals surface area contributed by atoms with Crippen LogP contribution in [-0.2, 0) is 0 Å². The first-order chi connectivity index (χ1) is 7.18. The van der Waals surface area contributed by atoms with Gasteiger partial charge in [0, 0.05) is 11.6 Å². The Balaban J connectivity index is 2.34. The number of hydrogen-bond donors (Lipinski definition) is 3. The van der Waals surface area contributed by atoms with Gasteiger partial charge >= 0.3 is 0 Å². The molecule has 4 nitrogen and oxygen atoms in total. The highest BCUT2D eigenvalue weighted by atomic mass is 16.1. The van der Waals surface area contributed by atoms with Crippen molar-refractivity contribution in [1.82, 2.24) is 4.98 Å². The number of rotatable bonds is 1. The molecule has 1 fully saturated rings. The maximum absolute atomic E-state index is 11.4. The van der Waals surface area contributed by atoms with Crippen molar-refractivity contribution in [2.45, 2.75) is 38.0 Å². The molecule has 0 atom stereocenters. The largest absolute Gasteiger partial charge is 0.397 e. The van der Waals surface area contributed by atoms with Crippen LogP contribution in [-0.4, -0.2) is 4.98 Å². The van der Waals surface area contributed by atoms with Gasteiger partial charge in [-0.2, -0.15) is 0 Å². The number of anilines is 2. The summed E-state index contributed by atoms with van der Waals surface area (Å²) in [7, 11) is 0. The number of H-pyrrole nitrogens is 1. The summed E-state index contributed by atoms with van der Waals surface area (Å²) in [4.78, 5) is 14.2. The summed E-state index contributed by atoms with van der Waals surface area (Å²) >= 11 is 0. The van der Waals surface area contributed by atoms with Crippen LogP contribution in [0.1, 0.15) is 43.7 Å². The fourth-order valence-corrected chi connectivity index (χ4v) is 2.31.